The summed E-state index contributed by atoms with van der Waals surface area (Å²) in [5.41, 5.74) is -0.971. The van der Waals surface area contributed by atoms with Gasteiger partial charge in [0.15, 0.2) is 11.5 Å². The van der Waals surface area contributed by atoms with Crippen LogP contribution in [0.3, 0.4) is 0 Å². The molecule has 0 radical (unpaired) electrons. The molecule has 168 valence electrons. The first-order chi connectivity index (χ1) is 14.6. The zero-order valence-electron chi connectivity index (χ0n) is 16.8. The van der Waals surface area contributed by atoms with E-state index in [1.807, 2.05) is 0 Å². The molecule has 3 rings (SSSR count). The van der Waals surface area contributed by atoms with Gasteiger partial charge in [0.25, 0.3) is 0 Å². The van der Waals surface area contributed by atoms with Crippen LogP contribution in [0.4, 0.5) is 18.9 Å². The fourth-order valence-electron chi connectivity index (χ4n) is 3.40. The van der Waals surface area contributed by atoms with Gasteiger partial charge in [-0.15, -0.1) is 0 Å². The monoisotopic (exact) mass is 458 g/mol. The number of rotatable bonds is 6. The number of carbonyl (C=O) groups is 1. The van der Waals surface area contributed by atoms with Crippen molar-refractivity contribution in [3.05, 3.63) is 48.0 Å². The van der Waals surface area contributed by atoms with E-state index in [0.29, 0.717) is 12.2 Å². The number of nitrogens with zero attached hydrogens (tertiary/aromatic N) is 1. The number of anilines is 1. The highest BCUT2D eigenvalue weighted by Gasteiger charge is 2.40. The Bertz CT molecular complexity index is 1070. The molecule has 31 heavy (non-hydrogen) atoms. The van der Waals surface area contributed by atoms with Gasteiger partial charge in [0.1, 0.15) is 6.04 Å². The van der Waals surface area contributed by atoms with Crippen molar-refractivity contribution in [2.24, 2.45) is 0 Å². The molecule has 1 amide bonds. The number of methoxy groups -OCH3 is 2. The molecule has 7 nitrogen and oxygen atoms in total. The molecule has 1 N–H and O–H groups in total. The van der Waals surface area contributed by atoms with E-state index in [-0.39, 0.29) is 29.3 Å². The van der Waals surface area contributed by atoms with E-state index in [9.17, 15) is 26.4 Å². The van der Waals surface area contributed by atoms with Crippen LogP contribution in [0.2, 0.25) is 0 Å². The molecule has 2 aromatic rings. The van der Waals surface area contributed by atoms with E-state index in [0.717, 1.165) is 16.4 Å². The molecular weight excluding hydrogens is 437 g/mol. The molecule has 0 aliphatic carbocycles. The lowest BCUT2D eigenvalue weighted by Crippen LogP contribution is -2.43. The fourth-order valence-corrected chi connectivity index (χ4v) is 5.07. The third kappa shape index (κ3) is 4.77. The lowest BCUT2D eigenvalue weighted by Gasteiger charge is -2.24. The standard InChI is InChI=1S/C20H21F3N2O5S/c1-29-17-9-8-15(12-18(17)30-2)31(27,28)25-10-4-7-16(25)19(26)24-14-6-3-5-13(11-14)20(21,22)23/h3,5-6,8-9,11-12,16H,4,7,10H2,1-2H3,(H,24,26). The quantitative estimate of drug-likeness (QED) is 0.716. The van der Waals surface area contributed by atoms with E-state index < -0.39 is 33.7 Å². The van der Waals surface area contributed by atoms with Crippen LogP contribution < -0.4 is 14.8 Å². The van der Waals surface area contributed by atoms with Gasteiger partial charge in [-0.1, -0.05) is 6.07 Å². The average Bonchev–Trinajstić information content (AvgIpc) is 3.24. The number of hydrogen-bond acceptors (Lipinski definition) is 5. The van der Waals surface area contributed by atoms with Gasteiger partial charge in [0.2, 0.25) is 15.9 Å². The summed E-state index contributed by atoms with van der Waals surface area (Å²) in [5.74, 6) is -0.129. The van der Waals surface area contributed by atoms with E-state index in [1.54, 1.807) is 0 Å². The SMILES string of the molecule is COc1ccc(S(=O)(=O)N2CCCC2C(=O)Nc2cccc(C(F)(F)F)c2)cc1OC. The van der Waals surface area contributed by atoms with Crippen molar-refractivity contribution in [2.45, 2.75) is 30.0 Å². The van der Waals surface area contributed by atoms with Gasteiger partial charge >= 0.3 is 6.18 Å². The highest BCUT2D eigenvalue weighted by molar-refractivity contribution is 7.89. The first-order valence-corrected chi connectivity index (χ1v) is 10.7. The third-order valence-electron chi connectivity index (χ3n) is 4.93. The number of carbonyl (C=O) groups excluding carboxylic acids is 1. The average molecular weight is 458 g/mol. The molecule has 11 heteroatoms. The van der Waals surface area contributed by atoms with Crippen molar-refractivity contribution in [3.8, 4) is 11.5 Å². The number of nitrogens with one attached hydrogen (secondary N) is 1. The largest absolute Gasteiger partial charge is 0.493 e. The molecule has 0 bridgehead atoms. The van der Waals surface area contributed by atoms with Crippen molar-refractivity contribution < 1.29 is 35.9 Å². The summed E-state index contributed by atoms with van der Waals surface area (Å²) < 4.78 is 76.3. The molecule has 2 aromatic carbocycles. The van der Waals surface area contributed by atoms with Gasteiger partial charge in [0, 0.05) is 18.3 Å². The van der Waals surface area contributed by atoms with Crippen LogP contribution in [0, 0.1) is 0 Å². The number of benzene rings is 2. The minimum absolute atomic E-state index is 0.0600. The molecule has 1 aliphatic heterocycles. The Balaban J connectivity index is 1.84. The number of sulfonamides is 1. The Morgan fingerprint density at radius 3 is 2.45 bits per heavy atom. The maximum Gasteiger partial charge on any atom is 0.416 e. The zero-order chi connectivity index (χ0) is 22.8. The van der Waals surface area contributed by atoms with Gasteiger partial charge in [0.05, 0.1) is 24.7 Å². The third-order valence-corrected chi connectivity index (χ3v) is 6.83. The van der Waals surface area contributed by atoms with Crippen LogP contribution in [0.5, 0.6) is 11.5 Å². The summed E-state index contributed by atoms with van der Waals surface area (Å²) in [6.45, 7) is 0.108. The topological polar surface area (TPSA) is 84.9 Å². The summed E-state index contributed by atoms with van der Waals surface area (Å²) in [5, 5.41) is 2.40. The van der Waals surface area contributed by atoms with Crippen LogP contribution in [0.25, 0.3) is 0 Å². The van der Waals surface area contributed by atoms with Gasteiger partial charge < -0.3 is 14.8 Å². The molecule has 1 saturated heterocycles. The first kappa shape index (κ1) is 22.9. The summed E-state index contributed by atoms with van der Waals surface area (Å²) in [4.78, 5) is 12.7. The highest BCUT2D eigenvalue weighted by atomic mass is 32.2. The Hall–Kier alpha value is -2.79. The van der Waals surface area contributed by atoms with Gasteiger partial charge in [-0.25, -0.2) is 8.42 Å². The number of amides is 1. The normalized spacial score (nSPS) is 17.4. The maximum absolute atomic E-state index is 13.2. The van der Waals surface area contributed by atoms with Crippen molar-refractivity contribution in [1.29, 1.82) is 0 Å². The molecule has 0 saturated carbocycles. The van der Waals surface area contributed by atoms with Crippen molar-refractivity contribution in [3.63, 3.8) is 0 Å². The Kier molecular flexibility index (Phi) is 6.46. The summed E-state index contributed by atoms with van der Waals surface area (Å²) in [6, 6.07) is 7.22. The van der Waals surface area contributed by atoms with E-state index >= 15 is 0 Å². The number of hydrogen-bond donors (Lipinski definition) is 1. The second kappa shape index (κ2) is 8.75. The molecule has 0 aromatic heterocycles. The molecule has 1 atom stereocenters. The van der Waals surface area contributed by atoms with Crippen LogP contribution in [0.15, 0.2) is 47.4 Å². The molecule has 1 heterocycles. The Labute approximate surface area is 177 Å². The molecule has 1 unspecified atom stereocenters. The van der Waals surface area contributed by atoms with E-state index in [2.05, 4.69) is 5.32 Å². The zero-order valence-corrected chi connectivity index (χ0v) is 17.6. The molecular formula is C20H21F3N2O5S. The summed E-state index contributed by atoms with van der Waals surface area (Å²) in [6.07, 6.45) is -3.87. The smallest absolute Gasteiger partial charge is 0.416 e. The lowest BCUT2D eigenvalue weighted by molar-refractivity contribution is -0.137. The molecule has 1 aliphatic rings. The molecule has 1 fully saturated rings. The minimum Gasteiger partial charge on any atom is -0.493 e. The fraction of sp³-hybridized carbons (Fsp3) is 0.350. The van der Waals surface area contributed by atoms with E-state index in [1.165, 1.54) is 44.6 Å². The molecule has 0 spiro atoms. The predicted octanol–water partition coefficient (Wildman–Crippen LogP) is 3.51. The van der Waals surface area contributed by atoms with Gasteiger partial charge in [-0.3, -0.25) is 4.79 Å². The van der Waals surface area contributed by atoms with Gasteiger partial charge in [-0.05, 0) is 43.2 Å². The minimum atomic E-state index is -4.56. The van der Waals surface area contributed by atoms with E-state index in [4.69, 9.17) is 9.47 Å². The summed E-state index contributed by atoms with van der Waals surface area (Å²) in [7, 11) is -1.27. The first-order valence-electron chi connectivity index (χ1n) is 9.30. The highest BCUT2D eigenvalue weighted by Crippen LogP contribution is 2.34. The van der Waals surface area contributed by atoms with Crippen molar-refractivity contribution >= 4 is 21.6 Å². The summed E-state index contributed by atoms with van der Waals surface area (Å²) >= 11 is 0. The van der Waals surface area contributed by atoms with Gasteiger partial charge in [-0.2, -0.15) is 17.5 Å². The van der Waals surface area contributed by atoms with Crippen LogP contribution in [0.1, 0.15) is 18.4 Å². The number of alkyl halides is 3. The Morgan fingerprint density at radius 2 is 1.81 bits per heavy atom. The Morgan fingerprint density at radius 1 is 1.10 bits per heavy atom. The van der Waals surface area contributed by atoms with Crippen LogP contribution in [-0.2, 0) is 21.0 Å². The van der Waals surface area contributed by atoms with Crippen LogP contribution >= 0.6 is 0 Å². The predicted molar refractivity (Wildman–Crippen MR) is 107 cm³/mol. The maximum atomic E-state index is 13.2. The van der Waals surface area contributed by atoms with Crippen molar-refractivity contribution in [1.82, 2.24) is 4.31 Å². The number of ether oxygens (including phenoxy) is 2. The number of halogens is 3. The second-order valence-corrected chi connectivity index (χ2v) is 8.75. The lowest BCUT2D eigenvalue weighted by atomic mass is 10.1. The second-order valence-electron chi connectivity index (χ2n) is 6.86. The van der Waals surface area contributed by atoms with Crippen molar-refractivity contribution in [2.75, 3.05) is 26.1 Å². The van der Waals surface area contributed by atoms with Crippen LogP contribution in [-0.4, -0.2) is 45.4 Å².